The molecule has 6 heteroatoms. The van der Waals surface area contributed by atoms with Crippen LogP contribution >= 0.6 is 15.9 Å². The molecule has 0 aliphatic rings. The van der Waals surface area contributed by atoms with Crippen molar-refractivity contribution in [2.75, 3.05) is 20.3 Å². The van der Waals surface area contributed by atoms with Gasteiger partial charge in [0.2, 0.25) is 10.0 Å². The Bertz CT molecular complexity index is 459. The quantitative estimate of drug-likeness (QED) is 0.842. The summed E-state index contributed by atoms with van der Waals surface area (Å²) in [4.78, 5) is 0.290. The predicted octanol–water partition coefficient (Wildman–Crippen LogP) is 1.68. The Hall–Kier alpha value is -0.430. The maximum Gasteiger partial charge on any atom is 0.240 e. The molecular weight excluding hydrogens is 294 g/mol. The smallest absolute Gasteiger partial charge is 0.240 e. The van der Waals surface area contributed by atoms with Gasteiger partial charge in [-0.2, -0.15) is 0 Å². The Balaban J connectivity index is 2.94. The van der Waals surface area contributed by atoms with Gasteiger partial charge in [-0.05, 0) is 24.6 Å². The first-order valence-corrected chi connectivity index (χ1v) is 7.00. The number of hydrogen-bond acceptors (Lipinski definition) is 3. The number of sulfonamides is 1. The molecule has 90 valence electrons. The second kappa shape index (κ2) is 5.77. The van der Waals surface area contributed by atoms with E-state index in [0.29, 0.717) is 12.2 Å². The van der Waals surface area contributed by atoms with Crippen LogP contribution in [-0.2, 0) is 14.8 Å². The summed E-state index contributed by atoms with van der Waals surface area (Å²) in [6.45, 7) is 2.38. The molecule has 0 spiro atoms. The van der Waals surface area contributed by atoms with Crippen LogP contribution in [0.5, 0.6) is 0 Å². The molecule has 1 N–H and O–H groups in total. The van der Waals surface area contributed by atoms with Crippen molar-refractivity contribution in [1.29, 1.82) is 0 Å². The van der Waals surface area contributed by atoms with Gasteiger partial charge < -0.3 is 4.74 Å². The Morgan fingerprint density at radius 2 is 2.12 bits per heavy atom. The van der Waals surface area contributed by atoms with Crippen molar-refractivity contribution in [2.45, 2.75) is 11.8 Å². The lowest BCUT2D eigenvalue weighted by Crippen LogP contribution is -2.27. The summed E-state index contributed by atoms with van der Waals surface area (Å²) in [5.41, 5.74) is 0.701. The molecule has 0 amide bonds. The third-order valence-electron chi connectivity index (χ3n) is 2.11. The van der Waals surface area contributed by atoms with Crippen molar-refractivity contribution < 1.29 is 13.2 Å². The van der Waals surface area contributed by atoms with Crippen LogP contribution in [-0.4, -0.2) is 28.7 Å². The highest BCUT2D eigenvalue weighted by atomic mass is 79.9. The largest absolute Gasteiger partial charge is 0.383 e. The first-order valence-electron chi connectivity index (χ1n) is 4.73. The van der Waals surface area contributed by atoms with Crippen LogP contribution in [0.4, 0.5) is 0 Å². The van der Waals surface area contributed by atoms with Crippen LogP contribution < -0.4 is 4.72 Å². The molecular formula is C10H14BrNO3S. The lowest BCUT2D eigenvalue weighted by Gasteiger charge is -2.09. The topological polar surface area (TPSA) is 55.4 Å². The molecule has 0 radical (unpaired) electrons. The summed E-state index contributed by atoms with van der Waals surface area (Å²) < 4.78 is 31.8. The van der Waals surface area contributed by atoms with Crippen LogP contribution in [0.2, 0.25) is 0 Å². The number of nitrogens with one attached hydrogen (secondary N) is 1. The van der Waals surface area contributed by atoms with Gasteiger partial charge >= 0.3 is 0 Å². The standard InChI is InChI=1S/C10H14BrNO3S/c1-8-9(11)4-3-5-10(8)16(13,14)12-6-7-15-2/h3-5,12H,6-7H2,1-2H3. The number of methoxy groups -OCH3 is 1. The third-order valence-corrected chi connectivity index (χ3v) is 4.57. The van der Waals surface area contributed by atoms with Crippen molar-refractivity contribution >= 4 is 26.0 Å². The maximum absolute atomic E-state index is 11.9. The van der Waals surface area contributed by atoms with E-state index in [-0.39, 0.29) is 11.4 Å². The molecule has 0 aliphatic carbocycles. The summed E-state index contributed by atoms with van der Waals surface area (Å²) in [5.74, 6) is 0. The molecule has 0 unspecified atom stereocenters. The average molecular weight is 308 g/mol. The van der Waals surface area contributed by atoms with Gasteiger partial charge in [-0.3, -0.25) is 0 Å². The van der Waals surface area contributed by atoms with E-state index >= 15 is 0 Å². The molecule has 0 fully saturated rings. The van der Waals surface area contributed by atoms with E-state index < -0.39 is 10.0 Å². The molecule has 0 bridgehead atoms. The van der Waals surface area contributed by atoms with Gasteiger partial charge in [-0.25, -0.2) is 13.1 Å². The fourth-order valence-corrected chi connectivity index (χ4v) is 3.01. The number of ether oxygens (including phenoxy) is 1. The Labute approximate surface area is 104 Å². The lowest BCUT2D eigenvalue weighted by atomic mass is 10.2. The van der Waals surface area contributed by atoms with Crippen molar-refractivity contribution in [3.05, 3.63) is 28.2 Å². The minimum Gasteiger partial charge on any atom is -0.383 e. The Morgan fingerprint density at radius 3 is 2.75 bits per heavy atom. The number of rotatable bonds is 5. The minimum atomic E-state index is -3.45. The number of halogens is 1. The van der Waals surface area contributed by atoms with Crippen molar-refractivity contribution in [3.8, 4) is 0 Å². The van der Waals surface area contributed by atoms with Crippen molar-refractivity contribution in [1.82, 2.24) is 4.72 Å². The highest BCUT2D eigenvalue weighted by molar-refractivity contribution is 9.10. The highest BCUT2D eigenvalue weighted by Gasteiger charge is 2.16. The van der Waals surface area contributed by atoms with Crippen LogP contribution in [0.1, 0.15) is 5.56 Å². The summed E-state index contributed by atoms with van der Waals surface area (Å²) in [7, 11) is -1.92. The van der Waals surface area contributed by atoms with Gasteiger partial charge in [-0.15, -0.1) is 0 Å². The second-order valence-corrected chi connectivity index (χ2v) is 5.84. The highest BCUT2D eigenvalue weighted by Crippen LogP contribution is 2.22. The predicted molar refractivity (Wildman–Crippen MR) is 65.9 cm³/mol. The molecule has 1 rings (SSSR count). The average Bonchev–Trinajstić information content (AvgIpc) is 2.22. The molecule has 0 saturated carbocycles. The lowest BCUT2D eigenvalue weighted by molar-refractivity contribution is 0.204. The van der Waals surface area contributed by atoms with Gasteiger partial charge in [0.25, 0.3) is 0 Å². The normalized spacial score (nSPS) is 11.7. The van der Waals surface area contributed by atoms with E-state index in [1.807, 2.05) is 6.07 Å². The first-order chi connectivity index (χ1) is 7.49. The Morgan fingerprint density at radius 1 is 1.44 bits per heavy atom. The molecule has 0 aliphatic heterocycles. The SMILES string of the molecule is COCCNS(=O)(=O)c1cccc(Br)c1C. The molecule has 1 aromatic rings. The second-order valence-electron chi connectivity index (χ2n) is 3.25. The van der Waals surface area contributed by atoms with E-state index in [9.17, 15) is 8.42 Å². The molecule has 4 nitrogen and oxygen atoms in total. The molecule has 0 aromatic heterocycles. The fourth-order valence-electron chi connectivity index (χ4n) is 1.23. The minimum absolute atomic E-state index is 0.269. The van der Waals surface area contributed by atoms with Gasteiger partial charge in [0.05, 0.1) is 11.5 Å². The zero-order valence-corrected chi connectivity index (χ0v) is 11.6. The molecule has 0 atom stereocenters. The summed E-state index contributed by atoms with van der Waals surface area (Å²) >= 11 is 3.30. The molecule has 0 heterocycles. The summed E-state index contributed by atoms with van der Waals surface area (Å²) in [6, 6.07) is 5.08. The summed E-state index contributed by atoms with van der Waals surface area (Å²) in [5, 5.41) is 0. The van der Waals surface area contributed by atoms with Crippen molar-refractivity contribution in [3.63, 3.8) is 0 Å². The zero-order valence-electron chi connectivity index (χ0n) is 9.16. The molecule has 1 aromatic carbocycles. The molecule has 16 heavy (non-hydrogen) atoms. The van der Waals surface area contributed by atoms with Crippen molar-refractivity contribution in [2.24, 2.45) is 0 Å². The fraction of sp³-hybridized carbons (Fsp3) is 0.400. The van der Waals surface area contributed by atoms with Gasteiger partial charge in [-0.1, -0.05) is 22.0 Å². The zero-order chi connectivity index (χ0) is 12.2. The van der Waals surface area contributed by atoms with E-state index in [1.165, 1.54) is 7.11 Å². The van der Waals surface area contributed by atoms with E-state index in [2.05, 4.69) is 20.7 Å². The van der Waals surface area contributed by atoms with E-state index in [4.69, 9.17) is 4.74 Å². The third kappa shape index (κ3) is 3.28. The van der Waals surface area contributed by atoms with Crippen LogP contribution in [0.25, 0.3) is 0 Å². The van der Waals surface area contributed by atoms with Gasteiger partial charge in [0.15, 0.2) is 0 Å². The van der Waals surface area contributed by atoms with E-state index in [1.54, 1.807) is 19.1 Å². The van der Waals surface area contributed by atoms with Crippen LogP contribution in [0.15, 0.2) is 27.6 Å². The number of hydrogen-bond donors (Lipinski definition) is 1. The van der Waals surface area contributed by atoms with Gasteiger partial charge in [0.1, 0.15) is 0 Å². The van der Waals surface area contributed by atoms with Crippen LogP contribution in [0.3, 0.4) is 0 Å². The summed E-state index contributed by atoms with van der Waals surface area (Å²) in [6.07, 6.45) is 0. The van der Waals surface area contributed by atoms with Gasteiger partial charge in [0, 0.05) is 18.1 Å². The molecule has 0 saturated heterocycles. The van der Waals surface area contributed by atoms with Crippen LogP contribution in [0, 0.1) is 6.92 Å². The Kier molecular flexibility index (Phi) is 4.91. The number of benzene rings is 1. The first kappa shape index (κ1) is 13.6. The maximum atomic E-state index is 11.9. The monoisotopic (exact) mass is 307 g/mol. The van der Waals surface area contributed by atoms with E-state index in [0.717, 1.165) is 4.47 Å².